The molecule has 1 aromatic heterocycles. The molecule has 0 fully saturated rings. The van der Waals surface area contributed by atoms with Crippen molar-refractivity contribution in [3.63, 3.8) is 0 Å². The summed E-state index contributed by atoms with van der Waals surface area (Å²) in [5, 5.41) is 18.1. The van der Waals surface area contributed by atoms with Crippen molar-refractivity contribution in [1.82, 2.24) is 9.78 Å². The van der Waals surface area contributed by atoms with Gasteiger partial charge in [-0.3, -0.25) is 14.8 Å². The summed E-state index contributed by atoms with van der Waals surface area (Å²) in [4.78, 5) is 10.3. The van der Waals surface area contributed by atoms with Crippen molar-refractivity contribution >= 4 is 27.3 Å². The fourth-order valence-corrected chi connectivity index (χ4v) is 2.27. The Morgan fingerprint density at radius 2 is 2.26 bits per heavy atom. The van der Waals surface area contributed by atoms with Crippen LogP contribution in [0.2, 0.25) is 0 Å². The number of aryl methyl sites for hydroxylation is 1. The van der Waals surface area contributed by atoms with Crippen LogP contribution in [0.1, 0.15) is 18.5 Å². The highest BCUT2D eigenvalue weighted by atomic mass is 79.9. The molecule has 0 amide bonds. The quantitative estimate of drug-likeness (QED) is 0.692. The van der Waals surface area contributed by atoms with Gasteiger partial charge in [-0.2, -0.15) is 5.10 Å². The van der Waals surface area contributed by atoms with Crippen LogP contribution in [0.4, 0.5) is 11.4 Å². The predicted octanol–water partition coefficient (Wildman–Crippen LogP) is 3.26. The molecule has 0 bridgehead atoms. The van der Waals surface area contributed by atoms with E-state index in [9.17, 15) is 10.1 Å². The molecule has 1 aromatic carbocycles. The zero-order valence-electron chi connectivity index (χ0n) is 10.5. The lowest BCUT2D eigenvalue weighted by atomic mass is 10.2. The van der Waals surface area contributed by atoms with E-state index in [2.05, 4.69) is 26.3 Å². The molecule has 1 atom stereocenters. The van der Waals surface area contributed by atoms with E-state index in [0.29, 0.717) is 4.47 Å². The lowest BCUT2D eigenvalue weighted by Gasteiger charge is -2.13. The van der Waals surface area contributed by atoms with Gasteiger partial charge in [0.25, 0.3) is 5.69 Å². The summed E-state index contributed by atoms with van der Waals surface area (Å²) < 4.78 is 2.19. The highest BCUT2D eigenvalue weighted by Crippen LogP contribution is 2.29. The van der Waals surface area contributed by atoms with Crippen molar-refractivity contribution in [2.45, 2.75) is 13.0 Å². The standard InChI is InChI=1S/C12H13BrN4O2/c1-8(9-6-14-16(2)7-9)15-10-3-4-12(17(18)19)11(13)5-10/h3-8,15H,1-2H3. The smallest absolute Gasteiger partial charge is 0.283 e. The number of nitro benzene ring substituents is 1. The molecule has 1 unspecified atom stereocenters. The van der Waals surface area contributed by atoms with Gasteiger partial charge in [0, 0.05) is 30.6 Å². The third-order valence-electron chi connectivity index (χ3n) is 2.75. The molecule has 0 spiro atoms. The van der Waals surface area contributed by atoms with Gasteiger partial charge in [-0.25, -0.2) is 0 Å². The molecule has 2 rings (SSSR count). The largest absolute Gasteiger partial charge is 0.378 e. The van der Waals surface area contributed by atoms with Crippen molar-refractivity contribution < 1.29 is 4.92 Å². The normalized spacial score (nSPS) is 12.2. The second-order valence-corrected chi connectivity index (χ2v) is 5.09. The molecule has 7 heteroatoms. The molecule has 0 aliphatic carbocycles. The Hall–Kier alpha value is -1.89. The maximum atomic E-state index is 10.7. The molecular formula is C12H13BrN4O2. The van der Waals surface area contributed by atoms with Gasteiger partial charge in [-0.15, -0.1) is 0 Å². The van der Waals surface area contributed by atoms with E-state index in [-0.39, 0.29) is 11.7 Å². The van der Waals surface area contributed by atoms with Gasteiger partial charge < -0.3 is 5.32 Å². The summed E-state index contributed by atoms with van der Waals surface area (Å²) in [6.45, 7) is 2.01. The van der Waals surface area contributed by atoms with Crippen molar-refractivity contribution in [3.8, 4) is 0 Å². The fourth-order valence-electron chi connectivity index (χ4n) is 1.74. The Bertz CT molecular complexity index is 612. The average molecular weight is 325 g/mol. The van der Waals surface area contributed by atoms with Crippen LogP contribution in [0.3, 0.4) is 0 Å². The summed E-state index contributed by atoms with van der Waals surface area (Å²) in [6, 6.07) is 4.94. The maximum Gasteiger partial charge on any atom is 0.283 e. The molecule has 1 heterocycles. The van der Waals surface area contributed by atoms with E-state index >= 15 is 0 Å². The first kappa shape index (κ1) is 13.5. The van der Waals surface area contributed by atoms with Crippen molar-refractivity contribution in [1.29, 1.82) is 0 Å². The molecule has 100 valence electrons. The first-order valence-corrected chi connectivity index (χ1v) is 6.45. The zero-order valence-corrected chi connectivity index (χ0v) is 12.1. The van der Waals surface area contributed by atoms with Crippen LogP contribution in [0.15, 0.2) is 35.1 Å². The van der Waals surface area contributed by atoms with Gasteiger partial charge in [-0.05, 0) is 35.0 Å². The first-order chi connectivity index (χ1) is 8.97. The van der Waals surface area contributed by atoms with Crippen LogP contribution < -0.4 is 5.32 Å². The van der Waals surface area contributed by atoms with Gasteiger partial charge in [0.1, 0.15) is 0 Å². The molecule has 0 saturated heterocycles. The summed E-state index contributed by atoms with van der Waals surface area (Å²) in [7, 11) is 1.86. The molecule has 0 aliphatic rings. The van der Waals surface area contributed by atoms with Gasteiger partial charge >= 0.3 is 0 Å². The third kappa shape index (κ3) is 3.11. The second-order valence-electron chi connectivity index (χ2n) is 4.24. The number of rotatable bonds is 4. The minimum absolute atomic E-state index is 0.0552. The molecule has 6 nitrogen and oxygen atoms in total. The van der Waals surface area contributed by atoms with E-state index in [1.54, 1.807) is 23.0 Å². The van der Waals surface area contributed by atoms with Crippen molar-refractivity contribution in [2.24, 2.45) is 7.05 Å². The Labute approximate surface area is 118 Å². The summed E-state index contributed by atoms with van der Waals surface area (Å²) in [5.41, 5.74) is 1.92. The van der Waals surface area contributed by atoms with Crippen LogP contribution >= 0.6 is 15.9 Å². The van der Waals surface area contributed by atoms with Crippen LogP contribution in [-0.4, -0.2) is 14.7 Å². The summed E-state index contributed by atoms with van der Waals surface area (Å²) >= 11 is 3.20. The predicted molar refractivity (Wildman–Crippen MR) is 76.0 cm³/mol. The molecule has 0 radical (unpaired) electrons. The third-order valence-corrected chi connectivity index (χ3v) is 3.39. The lowest BCUT2D eigenvalue weighted by molar-refractivity contribution is -0.385. The number of nitrogens with zero attached hydrogens (tertiary/aromatic N) is 3. The SMILES string of the molecule is CC(Nc1ccc([N+](=O)[O-])c(Br)c1)c1cnn(C)c1. The number of anilines is 1. The van der Waals surface area contributed by atoms with Crippen LogP contribution in [-0.2, 0) is 7.05 Å². The highest BCUT2D eigenvalue weighted by molar-refractivity contribution is 9.10. The van der Waals surface area contributed by atoms with Crippen molar-refractivity contribution in [3.05, 3.63) is 50.7 Å². The van der Waals surface area contributed by atoms with Crippen molar-refractivity contribution in [2.75, 3.05) is 5.32 Å². The number of aromatic nitrogens is 2. The average Bonchev–Trinajstić information content (AvgIpc) is 2.75. The number of hydrogen-bond acceptors (Lipinski definition) is 4. The number of hydrogen-bond donors (Lipinski definition) is 1. The van der Waals surface area contributed by atoms with Gasteiger partial charge in [0.05, 0.1) is 21.6 Å². The van der Waals surface area contributed by atoms with Crippen LogP contribution in [0.5, 0.6) is 0 Å². The van der Waals surface area contributed by atoms with E-state index in [0.717, 1.165) is 11.3 Å². The topological polar surface area (TPSA) is 73.0 Å². The van der Waals surface area contributed by atoms with E-state index in [1.165, 1.54) is 6.07 Å². The highest BCUT2D eigenvalue weighted by Gasteiger charge is 2.13. The molecule has 1 N–H and O–H groups in total. The molecule has 0 saturated carbocycles. The van der Waals surface area contributed by atoms with Crippen LogP contribution in [0, 0.1) is 10.1 Å². The van der Waals surface area contributed by atoms with Gasteiger partial charge in [-0.1, -0.05) is 0 Å². The molecule has 2 aromatic rings. The minimum atomic E-state index is -0.418. The lowest BCUT2D eigenvalue weighted by Crippen LogP contribution is -2.06. The Balaban J connectivity index is 2.15. The number of nitrogens with one attached hydrogen (secondary N) is 1. The van der Waals surface area contributed by atoms with Gasteiger partial charge in [0.15, 0.2) is 0 Å². The fraction of sp³-hybridized carbons (Fsp3) is 0.250. The Kier molecular flexibility index (Phi) is 3.84. The molecular weight excluding hydrogens is 312 g/mol. The van der Waals surface area contributed by atoms with Crippen LogP contribution in [0.25, 0.3) is 0 Å². The van der Waals surface area contributed by atoms with E-state index in [4.69, 9.17) is 0 Å². The Morgan fingerprint density at radius 3 is 2.79 bits per heavy atom. The van der Waals surface area contributed by atoms with Gasteiger partial charge in [0.2, 0.25) is 0 Å². The second kappa shape index (κ2) is 5.40. The molecule has 0 aliphatic heterocycles. The maximum absolute atomic E-state index is 10.7. The van der Waals surface area contributed by atoms with E-state index in [1.807, 2.05) is 20.2 Å². The minimum Gasteiger partial charge on any atom is -0.378 e. The van der Waals surface area contributed by atoms with E-state index < -0.39 is 4.92 Å². The summed E-state index contributed by atoms with van der Waals surface area (Å²) in [5.74, 6) is 0. The first-order valence-electron chi connectivity index (χ1n) is 5.66. The monoisotopic (exact) mass is 324 g/mol. The molecule has 19 heavy (non-hydrogen) atoms. The number of halogens is 1. The summed E-state index contributed by atoms with van der Waals surface area (Å²) in [6.07, 6.45) is 3.72. The zero-order chi connectivity index (χ0) is 14.0. The number of nitro groups is 1. The Morgan fingerprint density at radius 1 is 1.53 bits per heavy atom. The number of benzene rings is 1.